The Morgan fingerprint density at radius 3 is 2.33 bits per heavy atom. The summed E-state index contributed by atoms with van der Waals surface area (Å²) in [5.74, 6) is -0.292. The Balaban J connectivity index is 1.88. The number of anilines is 1. The fourth-order valence-electron chi connectivity index (χ4n) is 3.87. The quantitative estimate of drug-likeness (QED) is 0.670. The Morgan fingerprint density at radius 2 is 1.67 bits per heavy atom. The van der Waals surface area contributed by atoms with E-state index in [-0.39, 0.29) is 23.4 Å². The smallest absolute Gasteiger partial charge is 0.264 e. The highest BCUT2D eigenvalue weighted by molar-refractivity contribution is 7.92. The third-order valence-electron chi connectivity index (χ3n) is 5.53. The van der Waals surface area contributed by atoms with Crippen LogP contribution in [-0.2, 0) is 14.8 Å². The van der Waals surface area contributed by atoms with Gasteiger partial charge in [-0.15, -0.1) is 0 Å². The standard InChI is InChI=1S/C23H29ClN2O3S/c1-18-14-15-19(24)16-22(18)26(30(28,29)21-12-8-5-9-13-21)17-23(27)25-20-10-6-3-2-4-7-11-20/h5,8-9,12-16,20H,2-4,6-7,10-11,17H2,1H3,(H,25,27). The number of hydrogen-bond donors (Lipinski definition) is 1. The molecule has 2 aromatic rings. The van der Waals surface area contributed by atoms with Gasteiger partial charge in [0.15, 0.2) is 0 Å². The van der Waals surface area contributed by atoms with E-state index in [1.54, 1.807) is 36.4 Å². The summed E-state index contributed by atoms with van der Waals surface area (Å²) in [4.78, 5) is 13.1. The second kappa shape index (κ2) is 10.3. The first kappa shape index (κ1) is 22.6. The lowest BCUT2D eigenvalue weighted by molar-refractivity contribution is -0.120. The van der Waals surface area contributed by atoms with E-state index in [0.29, 0.717) is 10.7 Å². The van der Waals surface area contributed by atoms with Gasteiger partial charge in [0, 0.05) is 11.1 Å². The van der Waals surface area contributed by atoms with Crippen LogP contribution in [0.25, 0.3) is 0 Å². The Kier molecular flexibility index (Phi) is 7.78. The monoisotopic (exact) mass is 448 g/mol. The number of amides is 1. The number of sulfonamides is 1. The fourth-order valence-corrected chi connectivity index (χ4v) is 5.54. The van der Waals surface area contributed by atoms with Crippen LogP contribution in [0, 0.1) is 6.92 Å². The molecule has 1 saturated carbocycles. The van der Waals surface area contributed by atoms with E-state index in [9.17, 15) is 13.2 Å². The molecule has 1 fully saturated rings. The third kappa shape index (κ3) is 5.76. The maximum Gasteiger partial charge on any atom is 0.264 e. The molecule has 2 aromatic carbocycles. The minimum Gasteiger partial charge on any atom is -0.352 e. The molecule has 1 N–H and O–H groups in total. The van der Waals surface area contributed by atoms with E-state index in [4.69, 9.17) is 11.6 Å². The van der Waals surface area contributed by atoms with Crippen molar-refractivity contribution in [3.05, 3.63) is 59.1 Å². The molecule has 0 aliphatic heterocycles. The van der Waals surface area contributed by atoms with Crippen LogP contribution < -0.4 is 9.62 Å². The van der Waals surface area contributed by atoms with Crippen molar-refractivity contribution in [2.75, 3.05) is 10.8 Å². The van der Waals surface area contributed by atoms with Crippen molar-refractivity contribution < 1.29 is 13.2 Å². The molecule has 0 heterocycles. The lowest BCUT2D eigenvalue weighted by Gasteiger charge is -2.27. The normalized spacial score (nSPS) is 15.8. The number of carbonyl (C=O) groups is 1. The topological polar surface area (TPSA) is 66.5 Å². The lowest BCUT2D eigenvalue weighted by Crippen LogP contribution is -2.44. The van der Waals surface area contributed by atoms with Crippen LogP contribution in [0.4, 0.5) is 5.69 Å². The predicted octanol–water partition coefficient (Wildman–Crippen LogP) is 5.07. The van der Waals surface area contributed by atoms with E-state index in [1.807, 2.05) is 6.92 Å². The summed E-state index contributed by atoms with van der Waals surface area (Å²) in [6.45, 7) is 1.53. The predicted molar refractivity (Wildman–Crippen MR) is 121 cm³/mol. The highest BCUT2D eigenvalue weighted by atomic mass is 35.5. The second-order valence-corrected chi connectivity index (χ2v) is 10.2. The van der Waals surface area contributed by atoms with Crippen LogP contribution >= 0.6 is 11.6 Å². The average Bonchev–Trinajstić information content (AvgIpc) is 2.70. The number of rotatable bonds is 6. The number of hydrogen-bond acceptors (Lipinski definition) is 3. The Morgan fingerprint density at radius 1 is 1.03 bits per heavy atom. The zero-order valence-corrected chi connectivity index (χ0v) is 18.9. The highest BCUT2D eigenvalue weighted by Crippen LogP contribution is 2.29. The summed E-state index contributed by atoms with van der Waals surface area (Å²) in [5, 5.41) is 3.49. The van der Waals surface area contributed by atoms with Crippen molar-refractivity contribution in [1.82, 2.24) is 5.32 Å². The molecule has 162 valence electrons. The van der Waals surface area contributed by atoms with Gasteiger partial charge in [-0.25, -0.2) is 8.42 Å². The van der Waals surface area contributed by atoms with Gasteiger partial charge in [-0.1, -0.05) is 68.0 Å². The molecule has 1 amide bonds. The van der Waals surface area contributed by atoms with Crippen molar-refractivity contribution >= 4 is 33.2 Å². The number of nitrogens with one attached hydrogen (secondary N) is 1. The summed E-state index contributed by atoms with van der Waals surface area (Å²) in [7, 11) is -3.93. The molecule has 0 bridgehead atoms. The van der Waals surface area contributed by atoms with Crippen molar-refractivity contribution in [1.29, 1.82) is 0 Å². The van der Waals surface area contributed by atoms with Crippen LogP contribution in [-0.4, -0.2) is 26.9 Å². The third-order valence-corrected chi connectivity index (χ3v) is 7.54. The Hall–Kier alpha value is -2.05. The largest absolute Gasteiger partial charge is 0.352 e. The molecule has 3 rings (SSSR count). The summed E-state index contributed by atoms with van der Waals surface area (Å²) in [6.07, 6.45) is 7.67. The summed E-state index contributed by atoms with van der Waals surface area (Å²) >= 11 is 6.16. The minimum absolute atomic E-state index is 0.0968. The molecule has 0 radical (unpaired) electrons. The molecule has 30 heavy (non-hydrogen) atoms. The van der Waals surface area contributed by atoms with E-state index >= 15 is 0 Å². The molecule has 0 spiro atoms. The van der Waals surface area contributed by atoms with Crippen molar-refractivity contribution in [2.24, 2.45) is 0 Å². The Bertz CT molecular complexity index is 956. The van der Waals surface area contributed by atoms with Gasteiger partial charge >= 0.3 is 0 Å². The molecule has 1 aliphatic rings. The van der Waals surface area contributed by atoms with Crippen LogP contribution in [0.5, 0.6) is 0 Å². The highest BCUT2D eigenvalue weighted by Gasteiger charge is 2.29. The van der Waals surface area contributed by atoms with E-state index in [2.05, 4.69) is 5.32 Å². The molecule has 0 atom stereocenters. The molecular formula is C23H29ClN2O3S. The van der Waals surface area contributed by atoms with Crippen LogP contribution in [0.2, 0.25) is 5.02 Å². The number of benzene rings is 2. The van der Waals surface area contributed by atoms with E-state index < -0.39 is 10.0 Å². The first-order valence-corrected chi connectivity index (χ1v) is 12.3. The van der Waals surface area contributed by atoms with E-state index in [0.717, 1.165) is 31.2 Å². The number of nitrogens with zero attached hydrogens (tertiary/aromatic N) is 1. The Labute approximate surface area is 184 Å². The minimum atomic E-state index is -3.93. The molecule has 7 heteroatoms. The second-order valence-electron chi connectivity index (χ2n) is 7.87. The fraction of sp³-hybridized carbons (Fsp3) is 0.435. The number of aryl methyl sites for hydroxylation is 1. The van der Waals surface area contributed by atoms with Gasteiger partial charge < -0.3 is 5.32 Å². The van der Waals surface area contributed by atoms with Gasteiger partial charge in [0.25, 0.3) is 10.0 Å². The summed E-state index contributed by atoms with van der Waals surface area (Å²) in [6, 6.07) is 13.3. The van der Waals surface area contributed by atoms with E-state index in [1.165, 1.54) is 35.7 Å². The average molecular weight is 449 g/mol. The SMILES string of the molecule is Cc1ccc(Cl)cc1N(CC(=O)NC1CCCCCCC1)S(=O)(=O)c1ccccc1. The van der Waals surface area contributed by atoms with Gasteiger partial charge in [0.2, 0.25) is 5.91 Å². The zero-order chi connectivity index (χ0) is 21.6. The van der Waals surface area contributed by atoms with Gasteiger partial charge in [0.1, 0.15) is 6.54 Å². The lowest BCUT2D eigenvalue weighted by atomic mass is 9.97. The molecule has 1 aliphatic carbocycles. The zero-order valence-electron chi connectivity index (χ0n) is 17.3. The van der Waals surface area contributed by atoms with Crippen molar-refractivity contribution in [3.63, 3.8) is 0 Å². The number of carbonyl (C=O) groups excluding carboxylic acids is 1. The van der Waals surface area contributed by atoms with Gasteiger partial charge in [-0.05, 0) is 49.6 Å². The van der Waals surface area contributed by atoms with Crippen LogP contribution in [0.3, 0.4) is 0 Å². The van der Waals surface area contributed by atoms with Gasteiger partial charge in [0.05, 0.1) is 10.6 Å². The van der Waals surface area contributed by atoms with Crippen LogP contribution in [0.1, 0.15) is 50.5 Å². The number of halogens is 1. The molecule has 0 unspecified atom stereocenters. The summed E-state index contributed by atoms with van der Waals surface area (Å²) < 4.78 is 28.0. The van der Waals surface area contributed by atoms with Crippen molar-refractivity contribution in [3.8, 4) is 0 Å². The molecule has 0 aromatic heterocycles. The maximum absolute atomic E-state index is 13.4. The first-order valence-electron chi connectivity index (χ1n) is 10.5. The first-order chi connectivity index (χ1) is 14.4. The molecule has 0 saturated heterocycles. The maximum atomic E-state index is 13.4. The van der Waals surface area contributed by atoms with Crippen LogP contribution in [0.15, 0.2) is 53.4 Å². The van der Waals surface area contributed by atoms with Crippen molar-refractivity contribution in [2.45, 2.75) is 62.8 Å². The van der Waals surface area contributed by atoms with Gasteiger partial charge in [-0.2, -0.15) is 0 Å². The molecular weight excluding hydrogens is 420 g/mol. The van der Waals surface area contributed by atoms with Gasteiger partial charge in [-0.3, -0.25) is 9.10 Å². The molecule has 5 nitrogen and oxygen atoms in total. The summed E-state index contributed by atoms with van der Waals surface area (Å²) in [5.41, 5.74) is 1.15.